The molecule has 1 aliphatic carbocycles. The molecule has 0 saturated heterocycles. The lowest BCUT2D eigenvalue weighted by Crippen LogP contribution is -2.23. The number of pyridine rings is 1. The molecule has 0 radical (unpaired) electrons. The van der Waals surface area contributed by atoms with E-state index in [9.17, 15) is 4.79 Å². The van der Waals surface area contributed by atoms with Gasteiger partial charge < -0.3 is 9.84 Å². The number of amides is 1. The second kappa shape index (κ2) is 5.92. The summed E-state index contributed by atoms with van der Waals surface area (Å²) in [5.74, 6) is 0.857. The molecule has 7 nitrogen and oxygen atoms in total. The summed E-state index contributed by atoms with van der Waals surface area (Å²) in [4.78, 5) is 16.6. The number of hydrogen-bond acceptors (Lipinski definition) is 5. The Kier molecular flexibility index (Phi) is 3.60. The van der Waals surface area contributed by atoms with Gasteiger partial charge >= 0.3 is 0 Å². The van der Waals surface area contributed by atoms with Crippen LogP contribution in [-0.4, -0.2) is 26.2 Å². The highest BCUT2D eigenvalue weighted by atomic mass is 16.5. The molecule has 7 heteroatoms. The van der Waals surface area contributed by atoms with Crippen molar-refractivity contribution in [2.75, 3.05) is 0 Å². The van der Waals surface area contributed by atoms with E-state index in [1.54, 1.807) is 31.5 Å². The average molecular weight is 323 g/mol. The lowest BCUT2D eigenvalue weighted by molar-refractivity contribution is 0.0949. The smallest absolute Gasteiger partial charge is 0.257 e. The number of aromatic amines is 1. The Bertz CT molecular complexity index is 864. The number of aryl methyl sites for hydroxylation is 1. The van der Waals surface area contributed by atoms with Crippen molar-refractivity contribution in [2.45, 2.75) is 32.2 Å². The maximum Gasteiger partial charge on any atom is 0.257 e. The molecule has 122 valence electrons. The molecule has 1 amide bonds. The van der Waals surface area contributed by atoms with Crippen molar-refractivity contribution in [1.29, 1.82) is 0 Å². The first-order valence-corrected chi connectivity index (χ1v) is 7.91. The normalized spacial score (nSPS) is 13.9. The number of carbonyl (C=O) groups excluding carboxylic acids is 1. The minimum absolute atomic E-state index is 0.219. The van der Waals surface area contributed by atoms with Crippen LogP contribution in [0.1, 0.15) is 46.3 Å². The summed E-state index contributed by atoms with van der Waals surface area (Å²) in [6.07, 6.45) is 5.72. The van der Waals surface area contributed by atoms with E-state index in [0.717, 1.165) is 17.0 Å². The van der Waals surface area contributed by atoms with Crippen LogP contribution in [0.15, 0.2) is 35.1 Å². The van der Waals surface area contributed by atoms with Gasteiger partial charge in [0.2, 0.25) is 0 Å². The number of hydrogen-bond donors (Lipinski definition) is 2. The van der Waals surface area contributed by atoms with Gasteiger partial charge in [-0.1, -0.05) is 5.16 Å². The topological polar surface area (TPSA) is 96.7 Å². The van der Waals surface area contributed by atoms with Gasteiger partial charge in [-0.3, -0.25) is 14.9 Å². The number of nitrogens with zero attached hydrogens (tertiary/aromatic N) is 3. The molecule has 3 aromatic heterocycles. The fourth-order valence-corrected chi connectivity index (χ4v) is 2.67. The molecule has 24 heavy (non-hydrogen) atoms. The number of H-pyrrole nitrogens is 1. The molecule has 0 unspecified atom stereocenters. The largest absolute Gasteiger partial charge is 0.360 e. The summed E-state index contributed by atoms with van der Waals surface area (Å²) in [6.45, 7) is 2.12. The molecule has 0 spiro atoms. The number of rotatable bonds is 5. The first kappa shape index (κ1) is 14.6. The monoisotopic (exact) mass is 323 g/mol. The standard InChI is InChI=1S/C17H17N5O2/c1-10-15(16(22-24-10)12-4-6-18-7-5-12)17(23)19-9-13-8-14(21-20-13)11-2-3-11/h4-8,11H,2-3,9H2,1H3,(H,19,23)(H,20,21). The zero-order valence-corrected chi connectivity index (χ0v) is 13.2. The van der Waals surface area contributed by atoms with E-state index in [1.165, 1.54) is 12.8 Å². The van der Waals surface area contributed by atoms with Gasteiger partial charge in [0, 0.05) is 23.9 Å². The van der Waals surface area contributed by atoms with Gasteiger partial charge in [0.25, 0.3) is 5.91 Å². The van der Waals surface area contributed by atoms with Crippen molar-refractivity contribution in [1.82, 2.24) is 25.7 Å². The van der Waals surface area contributed by atoms with Gasteiger partial charge in [-0.05, 0) is 38.0 Å². The van der Waals surface area contributed by atoms with E-state index in [2.05, 4.69) is 25.7 Å². The molecular formula is C17H17N5O2. The quantitative estimate of drug-likeness (QED) is 0.752. The number of carbonyl (C=O) groups is 1. The minimum atomic E-state index is -0.219. The third kappa shape index (κ3) is 2.80. The second-order valence-corrected chi connectivity index (χ2v) is 5.97. The molecule has 0 aliphatic heterocycles. The Morgan fingerprint density at radius 2 is 2.17 bits per heavy atom. The summed E-state index contributed by atoms with van der Waals surface area (Å²) in [5.41, 5.74) is 3.74. The van der Waals surface area contributed by atoms with Crippen molar-refractivity contribution < 1.29 is 9.32 Å². The molecular weight excluding hydrogens is 306 g/mol. The van der Waals surface area contributed by atoms with Gasteiger partial charge in [-0.25, -0.2) is 0 Å². The Balaban J connectivity index is 1.50. The third-order valence-corrected chi connectivity index (χ3v) is 4.13. The summed E-state index contributed by atoms with van der Waals surface area (Å²) in [6, 6.07) is 5.61. The molecule has 1 aliphatic rings. The van der Waals surface area contributed by atoms with E-state index in [1.807, 2.05) is 6.07 Å². The van der Waals surface area contributed by atoms with E-state index in [0.29, 0.717) is 29.5 Å². The molecule has 1 fully saturated rings. The van der Waals surface area contributed by atoms with Gasteiger partial charge in [-0.2, -0.15) is 5.10 Å². The highest BCUT2D eigenvalue weighted by molar-refractivity contribution is 6.00. The SMILES string of the molecule is Cc1onc(-c2ccncc2)c1C(=O)NCc1cc(C2CC2)n[nH]1. The maximum atomic E-state index is 12.6. The number of aromatic nitrogens is 4. The van der Waals surface area contributed by atoms with Crippen LogP contribution in [0.5, 0.6) is 0 Å². The van der Waals surface area contributed by atoms with Crippen molar-refractivity contribution >= 4 is 5.91 Å². The van der Waals surface area contributed by atoms with Crippen molar-refractivity contribution in [3.05, 3.63) is 53.3 Å². The van der Waals surface area contributed by atoms with Crippen LogP contribution in [0.4, 0.5) is 0 Å². The summed E-state index contributed by atoms with van der Waals surface area (Å²) < 4.78 is 5.22. The van der Waals surface area contributed by atoms with Crippen LogP contribution < -0.4 is 5.32 Å². The first-order valence-electron chi connectivity index (χ1n) is 7.91. The first-order chi connectivity index (χ1) is 11.7. The van der Waals surface area contributed by atoms with E-state index >= 15 is 0 Å². The molecule has 4 rings (SSSR count). The molecule has 2 N–H and O–H groups in total. The molecule has 3 heterocycles. The Morgan fingerprint density at radius 1 is 1.38 bits per heavy atom. The lowest BCUT2D eigenvalue weighted by Gasteiger charge is -2.04. The second-order valence-electron chi connectivity index (χ2n) is 5.97. The van der Waals surface area contributed by atoms with Crippen LogP contribution in [0, 0.1) is 6.92 Å². The Hall–Kier alpha value is -2.96. The van der Waals surface area contributed by atoms with Crippen LogP contribution in [0.2, 0.25) is 0 Å². The average Bonchev–Trinajstić information content (AvgIpc) is 3.22. The molecule has 0 atom stereocenters. The highest BCUT2D eigenvalue weighted by Crippen LogP contribution is 2.39. The van der Waals surface area contributed by atoms with E-state index in [-0.39, 0.29) is 5.91 Å². The minimum Gasteiger partial charge on any atom is -0.360 e. The lowest BCUT2D eigenvalue weighted by atomic mass is 10.1. The van der Waals surface area contributed by atoms with E-state index in [4.69, 9.17) is 4.52 Å². The van der Waals surface area contributed by atoms with Gasteiger partial charge in [0.15, 0.2) is 0 Å². The zero-order chi connectivity index (χ0) is 16.5. The van der Waals surface area contributed by atoms with Gasteiger partial charge in [-0.15, -0.1) is 0 Å². The van der Waals surface area contributed by atoms with Crippen LogP contribution in [-0.2, 0) is 6.54 Å². The van der Waals surface area contributed by atoms with E-state index < -0.39 is 0 Å². The molecule has 1 saturated carbocycles. The summed E-state index contributed by atoms with van der Waals surface area (Å²) >= 11 is 0. The van der Waals surface area contributed by atoms with Crippen LogP contribution in [0.25, 0.3) is 11.3 Å². The van der Waals surface area contributed by atoms with Crippen LogP contribution in [0.3, 0.4) is 0 Å². The van der Waals surface area contributed by atoms with Gasteiger partial charge in [0.1, 0.15) is 17.0 Å². The Morgan fingerprint density at radius 3 is 2.92 bits per heavy atom. The molecule has 0 bridgehead atoms. The van der Waals surface area contributed by atoms with Crippen molar-refractivity contribution in [3.63, 3.8) is 0 Å². The van der Waals surface area contributed by atoms with Crippen molar-refractivity contribution in [2.24, 2.45) is 0 Å². The molecule has 0 aromatic carbocycles. The third-order valence-electron chi connectivity index (χ3n) is 4.13. The predicted molar refractivity (Wildman–Crippen MR) is 86.2 cm³/mol. The van der Waals surface area contributed by atoms with Crippen molar-refractivity contribution in [3.8, 4) is 11.3 Å². The predicted octanol–water partition coefficient (Wildman–Crippen LogP) is 2.58. The number of nitrogens with one attached hydrogen (secondary N) is 2. The fraction of sp³-hybridized carbons (Fsp3) is 0.294. The summed E-state index contributed by atoms with van der Waals surface area (Å²) in [7, 11) is 0. The maximum absolute atomic E-state index is 12.6. The van der Waals surface area contributed by atoms with Crippen LogP contribution >= 0.6 is 0 Å². The molecule has 3 aromatic rings. The fourth-order valence-electron chi connectivity index (χ4n) is 2.67. The zero-order valence-electron chi connectivity index (χ0n) is 13.2. The Labute approximate surface area is 138 Å². The summed E-state index contributed by atoms with van der Waals surface area (Å²) in [5, 5.41) is 14.2. The highest BCUT2D eigenvalue weighted by Gasteiger charge is 2.26. The van der Waals surface area contributed by atoms with Gasteiger partial charge in [0.05, 0.1) is 17.9 Å².